The topological polar surface area (TPSA) is 66.7 Å². The van der Waals surface area contributed by atoms with Gasteiger partial charge in [-0.05, 0) is 37.5 Å². The number of pyridine rings is 1. The molecule has 2 amide bonds. The van der Waals surface area contributed by atoms with Gasteiger partial charge in [0.25, 0.3) is 5.91 Å². The molecule has 6 nitrogen and oxygen atoms in total. The van der Waals surface area contributed by atoms with Crippen LogP contribution in [0.2, 0.25) is 0 Å². The van der Waals surface area contributed by atoms with E-state index in [1.807, 2.05) is 17.0 Å². The third kappa shape index (κ3) is 2.38. The zero-order valence-electron chi connectivity index (χ0n) is 13.4. The number of amides is 2. The van der Waals surface area contributed by atoms with E-state index in [2.05, 4.69) is 4.98 Å². The summed E-state index contributed by atoms with van der Waals surface area (Å²) in [5.74, 6) is -0.000759. The summed E-state index contributed by atoms with van der Waals surface area (Å²) >= 11 is 0. The Labute approximate surface area is 140 Å². The van der Waals surface area contributed by atoms with Gasteiger partial charge < -0.3 is 14.2 Å². The van der Waals surface area contributed by atoms with Crippen molar-refractivity contribution in [3.63, 3.8) is 0 Å². The van der Waals surface area contributed by atoms with Crippen LogP contribution < -0.4 is 4.90 Å². The number of nitrogens with zero attached hydrogens (tertiary/aromatic N) is 3. The minimum absolute atomic E-state index is 0.0508. The number of aromatic nitrogens is 1. The van der Waals surface area contributed by atoms with Crippen LogP contribution in [0.5, 0.6) is 0 Å². The lowest BCUT2D eigenvalue weighted by Gasteiger charge is -2.44. The van der Waals surface area contributed by atoms with Gasteiger partial charge in [-0.3, -0.25) is 14.6 Å². The highest BCUT2D eigenvalue weighted by molar-refractivity contribution is 5.99. The maximum atomic E-state index is 12.9. The molecular weight excluding hydrogens is 306 g/mol. The van der Waals surface area contributed by atoms with Crippen molar-refractivity contribution in [1.82, 2.24) is 9.88 Å². The quantitative estimate of drug-likeness (QED) is 0.851. The number of carbonyl (C=O) groups is 2. The average Bonchev–Trinajstić information content (AvgIpc) is 3.24. The summed E-state index contributed by atoms with van der Waals surface area (Å²) in [6.45, 7) is 1.21. The molecule has 2 fully saturated rings. The van der Waals surface area contributed by atoms with Gasteiger partial charge >= 0.3 is 0 Å². The minimum Gasteiger partial charge on any atom is -0.472 e. The summed E-state index contributed by atoms with van der Waals surface area (Å²) < 4.78 is 5.06. The first kappa shape index (κ1) is 14.9. The molecule has 2 aliphatic rings. The van der Waals surface area contributed by atoms with E-state index in [1.165, 1.54) is 12.5 Å². The molecule has 1 unspecified atom stereocenters. The first-order chi connectivity index (χ1) is 11.7. The zero-order valence-corrected chi connectivity index (χ0v) is 13.4. The predicted molar refractivity (Wildman–Crippen MR) is 87.5 cm³/mol. The monoisotopic (exact) mass is 325 g/mol. The number of hydrogen-bond acceptors (Lipinski definition) is 4. The summed E-state index contributed by atoms with van der Waals surface area (Å²) in [4.78, 5) is 33.3. The SMILES string of the molecule is O=C1CC2(CCCCN2C(=O)c2ccoc2)CN1c1cccnc1. The fourth-order valence-electron chi connectivity index (χ4n) is 3.87. The van der Waals surface area contributed by atoms with Crippen LogP contribution in [0.1, 0.15) is 36.0 Å². The number of anilines is 1. The summed E-state index contributed by atoms with van der Waals surface area (Å²) in [5, 5.41) is 0. The lowest BCUT2D eigenvalue weighted by Crippen LogP contribution is -2.56. The van der Waals surface area contributed by atoms with Gasteiger partial charge in [-0.25, -0.2) is 0 Å². The van der Waals surface area contributed by atoms with Crippen molar-refractivity contribution in [3.05, 3.63) is 48.7 Å². The second-order valence-electron chi connectivity index (χ2n) is 6.52. The lowest BCUT2D eigenvalue weighted by molar-refractivity contribution is -0.118. The largest absolute Gasteiger partial charge is 0.472 e. The van der Waals surface area contributed by atoms with Crippen molar-refractivity contribution >= 4 is 17.5 Å². The van der Waals surface area contributed by atoms with Crippen LogP contribution in [0.3, 0.4) is 0 Å². The number of likely N-dealkylation sites (tertiary alicyclic amines) is 1. The van der Waals surface area contributed by atoms with E-state index in [0.29, 0.717) is 25.1 Å². The van der Waals surface area contributed by atoms with E-state index >= 15 is 0 Å². The highest BCUT2D eigenvalue weighted by Crippen LogP contribution is 2.39. The molecule has 6 heteroatoms. The number of hydrogen-bond donors (Lipinski definition) is 0. The van der Waals surface area contributed by atoms with Crippen LogP contribution in [0.15, 0.2) is 47.5 Å². The van der Waals surface area contributed by atoms with Gasteiger partial charge in [0, 0.05) is 19.3 Å². The smallest absolute Gasteiger partial charge is 0.257 e. The number of furan rings is 1. The molecule has 0 saturated carbocycles. The summed E-state index contributed by atoms with van der Waals surface area (Å²) in [5.41, 5.74) is 0.906. The molecule has 2 saturated heterocycles. The van der Waals surface area contributed by atoms with Gasteiger partial charge in [-0.15, -0.1) is 0 Å². The van der Waals surface area contributed by atoms with Gasteiger partial charge in [0.05, 0.1) is 35.7 Å². The molecule has 1 spiro atoms. The van der Waals surface area contributed by atoms with E-state index in [4.69, 9.17) is 4.42 Å². The van der Waals surface area contributed by atoms with Crippen molar-refractivity contribution in [2.75, 3.05) is 18.0 Å². The molecule has 2 aromatic heterocycles. The maximum Gasteiger partial charge on any atom is 0.257 e. The van der Waals surface area contributed by atoms with Crippen LogP contribution >= 0.6 is 0 Å². The lowest BCUT2D eigenvalue weighted by atomic mass is 9.85. The van der Waals surface area contributed by atoms with E-state index in [0.717, 1.165) is 24.9 Å². The summed E-state index contributed by atoms with van der Waals surface area (Å²) in [7, 11) is 0. The zero-order chi connectivity index (χ0) is 16.6. The Bertz CT molecular complexity index is 744. The van der Waals surface area contributed by atoms with Crippen LogP contribution in [-0.2, 0) is 4.79 Å². The average molecular weight is 325 g/mol. The van der Waals surface area contributed by atoms with Crippen LogP contribution in [0.25, 0.3) is 0 Å². The third-order valence-electron chi connectivity index (χ3n) is 5.05. The van der Waals surface area contributed by atoms with E-state index in [-0.39, 0.29) is 11.8 Å². The van der Waals surface area contributed by atoms with Crippen molar-refractivity contribution < 1.29 is 14.0 Å². The van der Waals surface area contributed by atoms with Crippen molar-refractivity contribution in [1.29, 1.82) is 0 Å². The van der Waals surface area contributed by atoms with Gasteiger partial charge in [-0.2, -0.15) is 0 Å². The van der Waals surface area contributed by atoms with Crippen LogP contribution in [0.4, 0.5) is 5.69 Å². The third-order valence-corrected chi connectivity index (χ3v) is 5.05. The van der Waals surface area contributed by atoms with Gasteiger partial charge in [0.1, 0.15) is 6.26 Å². The predicted octanol–water partition coefficient (Wildman–Crippen LogP) is 2.48. The Morgan fingerprint density at radius 1 is 1.29 bits per heavy atom. The summed E-state index contributed by atoms with van der Waals surface area (Å²) in [6.07, 6.45) is 9.57. The fraction of sp³-hybridized carbons (Fsp3) is 0.389. The normalized spacial score (nSPS) is 23.9. The minimum atomic E-state index is -0.431. The molecule has 2 aliphatic heterocycles. The molecule has 0 radical (unpaired) electrons. The number of carbonyl (C=O) groups excluding carboxylic acids is 2. The molecule has 1 atom stereocenters. The van der Waals surface area contributed by atoms with Crippen LogP contribution in [0, 0.1) is 0 Å². The molecule has 24 heavy (non-hydrogen) atoms. The molecule has 0 aromatic carbocycles. The number of rotatable bonds is 2. The van der Waals surface area contributed by atoms with Gasteiger partial charge in [0.15, 0.2) is 0 Å². The first-order valence-electron chi connectivity index (χ1n) is 8.24. The highest BCUT2D eigenvalue weighted by atomic mass is 16.3. The second-order valence-corrected chi connectivity index (χ2v) is 6.52. The maximum absolute atomic E-state index is 12.9. The van der Waals surface area contributed by atoms with Gasteiger partial charge in [0.2, 0.25) is 5.91 Å². The van der Waals surface area contributed by atoms with E-state index in [9.17, 15) is 9.59 Å². The number of piperidine rings is 1. The molecule has 0 aliphatic carbocycles. The molecule has 2 aromatic rings. The van der Waals surface area contributed by atoms with Gasteiger partial charge in [-0.1, -0.05) is 0 Å². The van der Waals surface area contributed by atoms with E-state index in [1.54, 1.807) is 23.4 Å². The van der Waals surface area contributed by atoms with Crippen LogP contribution in [-0.4, -0.2) is 40.3 Å². The second kappa shape index (κ2) is 5.78. The Kier molecular flexibility index (Phi) is 3.59. The Morgan fingerprint density at radius 2 is 2.21 bits per heavy atom. The Hall–Kier alpha value is -2.63. The van der Waals surface area contributed by atoms with Crippen molar-refractivity contribution in [2.24, 2.45) is 0 Å². The molecule has 124 valence electrons. The Morgan fingerprint density at radius 3 is 2.96 bits per heavy atom. The first-order valence-corrected chi connectivity index (χ1v) is 8.24. The standard InChI is InChI=1S/C18H19N3O3/c22-16-10-18(13-20(16)15-4-3-7-19-11-15)6-1-2-8-21(18)17(23)14-5-9-24-12-14/h3-5,7,9,11-12H,1-2,6,8,10,13H2. The van der Waals surface area contributed by atoms with Crippen molar-refractivity contribution in [2.45, 2.75) is 31.2 Å². The fourth-order valence-corrected chi connectivity index (χ4v) is 3.87. The molecule has 4 rings (SSSR count). The summed E-state index contributed by atoms with van der Waals surface area (Å²) in [6, 6.07) is 5.39. The molecule has 4 heterocycles. The molecule has 0 bridgehead atoms. The molecule has 0 N–H and O–H groups in total. The van der Waals surface area contributed by atoms with Crippen molar-refractivity contribution in [3.8, 4) is 0 Å². The Balaban J connectivity index is 1.65. The molecular formula is C18H19N3O3. The van der Waals surface area contributed by atoms with E-state index < -0.39 is 5.54 Å². The highest BCUT2D eigenvalue weighted by Gasteiger charge is 2.50.